The summed E-state index contributed by atoms with van der Waals surface area (Å²) >= 11 is 11.9. The minimum atomic E-state index is 0.533. The highest BCUT2D eigenvalue weighted by Crippen LogP contribution is 2.29. The van der Waals surface area contributed by atoms with Crippen LogP contribution in [-0.2, 0) is 6.54 Å². The summed E-state index contributed by atoms with van der Waals surface area (Å²) in [5.41, 5.74) is 0.806. The normalized spacial score (nSPS) is 10.3. The van der Waals surface area contributed by atoms with Gasteiger partial charge in [0.25, 0.3) is 0 Å². The van der Waals surface area contributed by atoms with E-state index in [9.17, 15) is 0 Å². The first-order valence-corrected chi connectivity index (χ1v) is 5.19. The third-order valence-electron chi connectivity index (χ3n) is 1.95. The Balaban J connectivity index is 2.08. The van der Waals surface area contributed by atoms with Crippen molar-refractivity contribution in [2.24, 2.45) is 0 Å². The second-order valence-electron chi connectivity index (χ2n) is 2.99. The molecule has 0 unspecified atom stereocenters. The SMILES string of the molecule is Clc1cccc(NCc2ncc[nH]2)c1Cl. The molecule has 0 aliphatic heterocycles. The van der Waals surface area contributed by atoms with Gasteiger partial charge in [-0.25, -0.2) is 4.98 Å². The molecule has 15 heavy (non-hydrogen) atoms. The van der Waals surface area contributed by atoms with Crippen LogP contribution in [0.5, 0.6) is 0 Å². The lowest BCUT2D eigenvalue weighted by atomic mass is 10.3. The van der Waals surface area contributed by atoms with Gasteiger partial charge in [0.2, 0.25) is 0 Å². The molecule has 0 spiro atoms. The molecule has 0 saturated heterocycles. The Bertz CT molecular complexity index is 440. The number of nitrogens with zero attached hydrogens (tertiary/aromatic N) is 1. The molecule has 0 atom stereocenters. The zero-order valence-electron chi connectivity index (χ0n) is 7.80. The number of anilines is 1. The average molecular weight is 242 g/mol. The molecule has 3 nitrogen and oxygen atoms in total. The average Bonchev–Trinajstić information content (AvgIpc) is 2.73. The first kappa shape index (κ1) is 10.3. The number of benzene rings is 1. The zero-order valence-corrected chi connectivity index (χ0v) is 9.31. The molecule has 2 aromatic rings. The first-order chi connectivity index (χ1) is 7.27. The second kappa shape index (κ2) is 4.55. The number of hydrogen-bond donors (Lipinski definition) is 2. The van der Waals surface area contributed by atoms with E-state index in [1.54, 1.807) is 18.5 Å². The van der Waals surface area contributed by atoms with E-state index in [0.29, 0.717) is 16.6 Å². The van der Waals surface area contributed by atoms with E-state index in [0.717, 1.165) is 11.5 Å². The predicted molar refractivity (Wildman–Crippen MR) is 62.4 cm³/mol. The third-order valence-corrected chi connectivity index (χ3v) is 2.77. The molecule has 1 aromatic carbocycles. The molecule has 2 rings (SSSR count). The number of aromatic nitrogens is 2. The van der Waals surface area contributed by atoms with Crippen LogP contribution in [-0.4, -0.2) is 9.97 Å². The summed E-state index contributed by atoms with van der Waals surface area (Å²) in [5, 5.41) is 4.22. The minimum absolute atomic E-state index is 0.533. The fourth-order valence-electron chi connectivity index (χ4n) is 1.21. The van der Waals surface area contributed by atoms with Crippen LogP contribution in [0.3, 0.4) is 0 Å². The summed E-state index contributed by atoms with van der Waals surface area (Å²) in [4.78, 5) is 7.08. The highest BCUT2D eigenvalue weighted by molar-refractivity contribution is 6.43. The van der Waals surface area contributed by atoms with Gasteiger partial charge in [-0.05, 0) is 12.1 Å². The van der Waals surface area contributed by atoms with Crippen LogP contribution in [0.15, 0.2) is 30.6 Å². The van der Waals surface area contributed by atoms with Crippen LogP contribution < -0.4 is 5.32 Å². The van der Waals surface area contributed by atoms with Gasteiger partial charge in [-0.2, -0.15) is 0 Å². The van der Waals surface area contributed by atoms with Crippen LogP contribution in [0.1, 0.15) is 5.82 Å². The maximum Gasteiger partial charge on any atom is 0.125 e. The van der Waals surface area contributed by atoms with Crippen molar-refractivity contribution in [3.05, 3.63) is 46.5 Å². The van der Waals surface area contributed by atoms with Crippen molar-refractivity contribution < 1.29 is 0 Å². The van der Waals surface area contributed by atoms with Gasteiger partial charge >= 0.3 is 0 Å². The molecule has 1 aromatic heterocycles. The van der Waals surface area contributed by atoms with Gasteiger partial charge in [0, 0.05) is 12.4 Å². The Labute approximate surface area is 97.4 Å². The van der Waals surface area contributed by atoms with E-state index in [1.807, 2.05) is 12.1 Å². The lowest BCUT2D eigenvalue weighted by Crippen LogP contribution is -2.01. The lowest BCUT2D eigenvalue weighted by Gasteiger charge is -2.07. The largest absolute Gasteiger partial charge is 0.377 e. The standard InChI is InChI=1S/C10H9Cl2N3/c11-7-2-1-3-8(10(7)12)15-6-9-13-4-5-14-9/h1-5,15H,6H2,(H,13,14). The van der Waals surface area contributed by atoms with Crippen molar-refractivity contribution in [2.45, 2.75) is 6.54 Å². The van der Waals surface area contributed by atoms with Crippen LogP contribution in [0, 0.1) is 0 Å². The Morgan fingerprint density at radius 2 is 2.20 bits per heavy atom. The zero-order chi connectivity index (χ0) is 10.7. The van der Waals surface area contributed by atoms with Gasteiger partial charge in [-0.15, -0.1) is 0 Å². The molecule has 0 aliphatic rings. The molecule has 5 heteroatoms. The number of halogens is 2. The van der Waals surface area contributed by atoms with Crippen molar-refractivity contribution in [1.29, 1.82) is 0 Å². The van der Waals surface area contributed by atoms with E-state index >= 15 is 0 Å². The summed E-state index contributed by atoms with van der Waals surface area (Å²) in [6.45, 7) is 0.590. The summed E-state index contributed by atoms with van der Waals surface area (Å²) in [5.74, 6) is 0.853. The van der Waals surface area contributed by atoms with Gasteiger partial charge < -0.3 is 10.3 Å². The lowest BCUT2D eigenvalue weighted by molar-refractivity contribution is 1.00. The predicted octanol–water partition coefficient (Wildman–Crippen LogP) is 3.33. The van der Waals surface area contributed by atoms with Crippen LogP contribution in [0.4, 0.5) is 5.69 Å². The minimum Gasteiger partial charge on any atom is -0.377 e. The Morgan fingerprint density at radius 1 is 1.33 bits per heavy atom. The molecule has 78 valence electrons. The fraction of sp³-hybridized carbons (Fsp3) is 0.100. The van der Waals surface area contributed by atoms with Gasteiger partial charge in [0.05, 0.1) is 22.3 Å². The van der Waals surface area contributed by atoms with Gasteiger partial charge in [0.1, 0.15) is 5.82 Å². The van der Waals surface area contributed by atoms with Gasteiger partial charge in [0.15, 0.2) is 0 Å². The second-order valence-corrected chi connectivity index (χ2v) is 3.78. The molecule has 2 N–H and O–H groups in total. The van der Waals surface area contributed by atoms with E-state index in [2.05, 4.69) is 15.3 Å². The van der Waals surface area contributed by atoms with E-state index in [-0.39, 0.29) is 0 Å². The summed E-state index contributed by atoms with van der Waals surface area (Å²) < 4.78 is 0. The Hall–Kier alpha value is -1.19. The topological polar surface area (TPSA) is 40.7 Å². The van der Waals surface area contributed by atoms with Crippen molar-refractivity contribution in [1.82, 2.24) is 9.97 Å². The maximum absolute atomic E-state index is 6.01. The quantitative estimate of drug-likeness (QED) is 0.866. The molecule has 1 heterocycles. The molecular weight excluding hydrogens is 233 g/mol. The van der Waals surface area contributed by atoms with Crippen molar-refractivity contribution in [3.8, 4) is 0 Å². The van der Waals surface area contributed by atoms with E-state index < -0.39 is 0 Å². The number of H-pyrrole nitrogens is 1. The van der Waals surface area contributed by atoms with Crippen molar-refractivity contribution >= 4 is 28.9 Å². The summed E-state index contributed by atoms with van der Waals surface area (Å²) in [6.07, 6.45) is 3.48. The number of imidazole rings is 1. The van der Waals surface area contributed by atoms with E-state index in [1.165, 1.54) is 0 Å². The summed E-state index contributed by atoms with van der Waals surface area (Å²) in [6, 6.07) is 5.47. The molecule has 0 saturated carbocycles. The molecule has 0 aliphatic carbocycles. The Kier molecular flexibility index (Phi) is 3.14. The van der Waals surface area contributed by atoms with Gasteiger partial charge in [-0.1, -0.05) is 29.3 Å². The van der Waals surface area contributed by atoms with E-state index in [4.69, 9.17) is 23.2 Å². The van der Waals surface area contributed by atoms with Crippen LogP contribution in [0.2, 0.25) is 10.0 Å². The monoisotopic (exact) mass is 241 g/mol. The summed E-state index contributed by atoms with van der Waals surface area (Å²) in [7, 11) is 0. The van der Waals surface area contributed by atoms with Gasteiger partial charge in [-0.3, -0.25) is 0 Å². The molecule has 0 bridgehead atoms. The highest BCUT2D eigenvalue weighted by atomic mass is 35.5. The highest BCUT2D eigenvalue weighted by Gasteiger charge is 2.03. The molecule has 0 fully saturated rings. The Morgan fingerprint density at radius 3 is 2.93 bits per heavy atom. The van der Waals surface area contributed by atoms with Crippen molar-refractivity contribution in [2.75, 3.05) is 5.32 Å². The smallest absolute Gasteiger partial charge is 0.125 e. The van der Waals surface area contributed by atoms with Crippen molar-refractivity contribution in [3.63, 3.8) is 0 Å². The molecule has 0 radical (unpaired) electrons. The fourth-order valence-corrected chi connectivity index (χ4v) is 1.58. The van der Waals surface area contributed by atoms with Crippen LogP contribution >= 0.6 is 23.2 Å². The van der Waals surface area contributed by atoms with Crippen LogP contribution in [0.25, 0.3) is 0 Å². The molecular formula is C10H9Cl2N3. The number of rotatable bonds is 3. The maximum atomic E-state index is 6.01. The number of hydrogen-bond acceptors (Lipinski definition) is 2. The molecule has 0 amide bonds. The first-order valence-electron chi connectivity index (χ1n) is 4.43. The number of nitrogens with one attached hydrogen (secondary N) is 2. The number of aromatic amines is 1. The third kappa shape index (κ3) is 2.43.